The van der Waals surface area contributed by atoms with Crippen LogP contribution in [0.4, 0.5) is 10.5 Å². The number of urea groups is 1. The summed E-state index contributed by atoms with van der Waals surface area (Å²) in [6, 6.07) is 8.80. The first-order valence-electron chi connectivity index (χ1n) is 7.19. The predicted octanol–water partition coefficient (Wildman–Crippen LogP) is 2.77. The van der Waals surface area contributed by atoms with Crippen molar-refractivity contribution in [3.8, 4) is 11.3 Å². The highest BCUT2D eigenvalue weighted by molar-refractivity contribution is 6.13. The average Bonchev–Trinajstić information content (AvgIpc) is 3.13. The van der Waals surface area contributed by atoms with E-state index in [-0.39, 0.29) is 17.9 Å². The van der Waals surface area contributed by atoms with Crippen LogP contribution in [0, 0.1) is 10.1 Å². The van der Waals surface area contributed by atoms with Crippen molar-refractivity contribution in [1.82, 2.24) is 10.2 Å². The molecular weight excluding hydrogens is 314 g/mol. The summed E-state index contributed by atoms with van der Waals surface area (Å²) in [6.07, 6.45) is 1.45. The fourth-order valence-corrected chi connectivity index (χ4v) is 2.33. The molecule has 1 aliphatic heterocycles. The molecule has 0 atom stereocenters. The zero-order valence-corrected chi connectivity index (χ0v) is 12.7. The Balaban J connectivity index is 1.83. The number of non-ortho nitro benzene ring substituents is 1. The minimum absolute atomic E-state index is 0.00781. The van der Waals surface area contributed by atoms with E-state index in [1.54, 1.807) is 31.2 Å². The lowest BCUT2D eigenvalue weighted by molar-refractivity contribution is -0.384. The van der Waals surface area contributed by atoms with E-state index in [2.05, 4.69) is 5.32 Å². The smallest absolute Gasteiger partial charge is 0.328 e. The molecule has 1 fully saturated rings. The number of furan rings is 1. The van der Waals surface area contributed by atoms with Crippen molar-refractivity contribution < 1.29 is 18.9 Å². The second-order valence-electron chi connectivity index (χ2n) is 5.04. The Kier molecular flexibility index (Phi) is 3.87. The van der Waals surface area contributed by atoms with Gasteiger partial charge in [0.15, 0.2) is 0 Å². The van der Waals surface area contributed by atoms with Crippen molar-refractivity contribution in [2.45, 2.75) is 6.92 Å². The van der Waals surface area contributed by atoms with Crippen LogP contribution in [0.1, 0.15) is 12.7 Å². The molecular formula is C16H13N3O5. The number of benzene rings is 1. The van der Waals surface area contributed by atoms with E-state index in [4.69, 9.17) is 4.42 Å². The van der Waals surface area contributed by atoms with Gasteiger partial charge in [0.25, 0.3) is 11.6 Å². The topological polar surface area (TPSA) is 106 Å². The SMILES string of the molecule is CCN1C(=O)N/C(=C\c2ccc(-c3ccc([N+](=O)[O-])cc3)o2)C1=O. The molecule has 2 aromatic rings. The van der Waals surface area contributed by atoms with Gasteiger partial charge in [-0.15, -0.1) is 0 Å². The molecule has 0 aliphatic carbocycles. The van der Waals surface area contributed by atoms with Gasteiger partial charge in [-0.25, -0.2) is 4.79 Å². The van der Waals surface area contributed by atoms with Gasteiger partial charge in [0, 0.05) is 30.3 Å². The van der Waals surface area contributed by atoms with Gasteiger partial charge < -0.3 is 9.73 Å². The standard InChI is InChI=1S/C16H13N3O5/c1-2-18-15(20)13(17-16(18)21)9-12-7-8-14(24-12)10-3-5-11(6-4-10)19(22)23/h3-9H,2H2,1H3,(H,17,21)/b13-9-. The normalized spacial score (nSPS) is 15.9. The molecule has 3 rings (SSSR count). The van der Waals surface area contributed by atoms with Crippen LogP contribution in [-0.4, -0.2) is 28.3 Å². The predicted molar refractivity (Wildman–Crippen MR) is 84.7 cm³/mol. The fourth-order valence-electron chi connectivity index (χ4n) is 2.33. The van der Waals surface area contributed by atoms with Crippen LogP contribution in [0.3, 0.4) is 0 Å². The Hall–Kier alpha value is -3.42. The van der Waals surface area contributed by atoms with Crippen LogP contribution >= 0.6 is 0 Å². The number of likely N-dealkylation sites (N-methyl/N-ethyl adjacent to an activating group) is 1. The molecule has 1 aliphatic rings. The Morgan fingerprint density at radius 1 is 1.21 bits per heavy atom. The molecule has 0 saturated carbocycles. The van der Waals surface area contributed by atoms with Gasteiger partial charge in [0.05, 0.1) is 4.92 Å². The third-order valence-corrected chi connectivity index (χ3v) is 3.55. The van der Waals surface area contributed by atoms with Crippen LogP contribution in [0.2, 0.25) is 0 Å². The van der Waals surface area contributed by atoms with E-state index in [0.717, 1.165) is 4.90 Å². The summed E-state index contributed by atoms with van der Waals surface area (Å²) in [5, 5.41) is 13.1. The molecule has 24 heavy (non-hydrogen) atoms. The molecule has 1 aromatic carbocycles. The van der Waals surface area contributed by atoms with Crippen molar-refractivity contribution >= 4 is 23.7 Å². The van der Waals surface area contributed by atoms with Gasteiger partial charge in [-0.1, -0.05) is 0 Å². The van der Waals surface area contributed by atoms with Crippen molar-refractivity contribution in [3.05, 3.63) is 58.0 Å². The van der Waals surface area contributed by atoms with E-state index in [1.807, 2.05) is 0 Å². The number of nitrogens with zero attached hydrogens (tertiary/aromatic N) is 2. The average molecular weight is 327 g/mol. The molecule has 0 spiro atoms. The molecule has 8 nitrogen and oxygen atoms in total. The van der Waals surface area contributed by atoms with Gasteiger partial charge in [0.2, 0.25) is 0 Å². The van der Waals surface area contributed by atoms with E-state index < -0.39 is 16.9 Å². The maximum atomic E-state index is 12.0. The third kappa shape index (κ3) is 2.76. The minimum Gasteiger partial charge on any atom is -0.457 e. The number of nitrogens with one attached hydrogen (secondary N) is 1. The van der Waals surface area contributed by atoms with Crippen LogP contribution in [0.15, 0.2) is 46.5 Å². The Morgan fingerprint density at radius 2 is 1.92 bits per heavy atom. The van der Waals surface area contributed by atoms with Crippen LogP contribution in [-0.2, 0) is 4.79 Å². The van der Waals surface area contributed by atoms with E-state index in [9.17, 15) is 19.7 Å². The Bertz CT molecular complexity index is 851. The fraction of sp³-hybridized carbons (Fsp3) is 0.125. The molecule has 122 valence electrons. The zero-order valence-electron chi connectivity index (χ0n) is 12.7. The molecule has 1 aromatic heterocycles. The third-order valence-electron chi connectivity index (χ3n) is 3.55. The lowest BCUT2D eigenvalue weighted by atomic mass is 10.1. The number of amides is 3. The number of carbonyl (C=O) groups is 2. The molecule has 1 saturated heterocycles. The molecule has 3 amide bonds. The summed E-state index contributed by atoms with van der Waals surface area (Å²) in [5.74, 6) is 0.488. The first-order chi connectivity index (χ1) is 11.5. The molecule has 1 N–H and O–H groups in total. The Morgan fingerprint density at radius 3 is 2.50 bits per heavy atom. The summed E-state index contributed by atoms with van der Waals surface area (Å²) in [4.78, 5) is 34.9. The largest absolute Gasteiger partial charge is 0.457 e. The number of hydrogen-bond donors (Lipinski definition) is 1. The van der Waals surface area contributed by atoms with Crippen LogP contribution in [0.5, 0.6) is 0 Å². The van der Waals surface area contributed by atoms with E-state index in [1.165, 1.54) is 18.2 Å². The highest BCUT2D eigenvalue weighted by atomic mass is 16.6. The monoisotopic (exact) mass is 327 g/mol. The van der Waals surface area contributed by atoms with Gasteiger partial charge in [-0.2, -0.15) is 0 Å². The summed E-state index contributed by atoms with van der Waals surface area (Å²) in [6.45, 7) is 1.99. The zero-order chi connectivity index (χ0) is 17.3. The second-order valence-corrected chi connectivity index (χ2v) is 5.04. The maximum Gasteiger partial charge on any atom is 0.328 e. The summed E-state index contributed by atoms with van der Waals surface area (Å²) >= 11 is 0. The number of nitro groups is 1. The molecule has 2 heterocycles. The number of hydrogen-bond acceptors (Lipinski definition) is 5. The Labute approximate surface area is 136 Å². The second kappa shape index (κ2) is 5.99. The quantitative estimate of drug-likeness (QED) is 0.402. The lowest BCUT2D eigenvalue weighted by Gasteiger charge is -2.05. The number of carbonyl (C=O) groups excluding carboxylic acids is 2. The van der Waals surface area contributed by atoms with Gasteiger partial charge in [-0.3, -0.25) is 19.8 Å². The van der Waals surface area contributed by atoms with Crippen molar-refractivity contribution in [3.63, 3.8) is 0 Å². The van der Waals surface area contributed by atoms with Gasteiger partial charge >= 0.3 is 6.03 Å². The maximum absolute atomic E-state index is 12.0. The van der Waals surface area contributed by atoms with Gasteiger partial charge in [-0.05, 0) is 31.2 Å². The van der Waals surface area contributed by atoms with Crippen molar-refractivity contribution in [1.29, 1.82) is 0 Å². The first kappa shape index (κ1) is 15.5. The van der Waals surface area contributed by atoms with Crippen LogP contribution < -0.4 is 5.32 Å². The highest BCUT2D eigenvalue weighted by Crippen LogP contribution is 2.25. The lowest BCUT2D eigenvalue weighted by Crippen LogP contribution is -2.30. The molecule has 0 radical (unpaired) electrons. The molecule has 0 bridgehead atoms. The van der Waals surface area contributed by atoms with Crippen molar-refractivity contribution in [2.75, 3.05) is 6.54 Å². The van der Waals surface area contributed by atoms with Crippen LogP contribution in [0.25, 0.3) is 17.4 Å². The summed E-state index contributed by atoms with van der Waals surface area (Å²) < 4.78 is 5.62. The summed E-state index contributed by atoms with van der Waals surface area (Å²) in [7, 11) is 0. The van der Waals surface area contributed by atoms with E-state index in [0.29, 0.717) is 17.1 Å². The first-order valence-corrected chi connectivity index (χ1v) is 7.19. The van der Waals surface area contributed by atoms with E-state index >= 15 is 0 Å². The number of imide groups is 1. The highest BCUT2D eigenvalue weighted by Gasteiger charge is 2.32. The molecule has 8 heteroatoms. The summed E-state index contributed by atoms with van der Waals surface area (Å²) in [5.41, 5.74) is 0.806. The number of rotatable bonds is 4. The number of nitro benzene ring substituents is 1. The van der Waals surface area contributed by atoms with Gasteiger partial charge in [0.1, 0.15) is 17.2 Å². The van der Waals surface area contributed by atoms with Crippen molar-refractivity contribution in [2.24, 2.45) is 0 Å². The minimum atomic E-state index is -0.477. The molecule has 0 unspecified atom stereocenters.